The smallest absolute Gasteiger partial charge is 0.226 e. The third-order valence-electron chi connectivity index (χ3n) is 1.07. The SMILES string of the molecule is COC(C)C(=O)C(C)=O. The van der Waals surface area contributed by atoms with Crippen LogP contribution in [0.3, 0.4) is 0 Å². The second kappa shape index (κ2) is 3.35. The summed E-state index contributed by atoms with van der Waals surface area (Å²) in [5.74, 6) is -0.929. The van der Waals surface area contributed by atoms with Crippen molar-refractivity contribution < 1.29 is 14.3 Å². The zero-order chi connectivity index (χ0) is 7.44. The van der Waals surface area contributed by atoms with Crippen molar-refractivity contribution >= 4 is 11.6 Å². The summed E-state index contributed by atoms with van der Waals surface area (Å²) in [4.78, 5) is 20.9. The van der Waals surface area contributed by atoms with Crippen molar-refractivity contribution in [1.29, 1.82) is 0 Å². The number of hydrogen-bond donors (Lipinski definition) is 0. The number of carbonyl (C=O) groups excluding carboxylic acids is 2. The van der Waals surface area contributed by atoms with Crippen molar-refractivity contribution in [3.8, 4) is 0 Å². The van der Waals surface area contributed by atoms with Gasteiger partial charge in [0.25, 0.3) is 0 Å². The Labute approximate surface area is 54.0 Å². The van der Waals surface area contributed by atoms with Gasteiger partial charge in [-0.3, -0.25) is 9.59 Å². The molecule has 3 heteroatoms. The maximum Gasteiger partial charge on any atom is 0.226 e. The van der Waals surface area contributed by atoms with E-state index in [0.29, 0.717) is 0 Å². The quantitative estimate of drug-likeness (QED) is 0.512. The molecule has 9 heavy (non-hydrogen) atoms. The highest BCUT2D eigenvalue weighted by Gasteiger charge is 2.15. The van der Waals surface area contributed by atoms with Crippen LogP contribution in [0.25, 0.3) is 0 Å². The van der Waals surface area contributed by atoms with Crippen LogP contribution in [-0.2, 0) is 14.3 Å². The van der Waals surface area contributed by atoms with E-state index in [4.69, 9.17) is 0 Å². The van der Waals surface area contributed by atoms with Gasteiger partial charge in [-0.2, -0.15) is 0 Å². The second-order valence-electron chi connectivity index (χ2n) is 1.80. The average Bonchev–Trinajstić information content (AvgIpc) is 1.84. The number of hydrogen-bond acceptors (Lipinski definition) is 3. The minimum Gasteiger partial charge on any atom is -0.373 e. The van der Waals surface area contributed by atoms with Crippen LogP contribution in [0, 0.1) is 0 Å². The van der Waals surface area contributed by atoms with Crippen molar-refractivity contribution in [1.82, 2.24) is 0 Å². The number of carbonyl (C=O) groups is 2. The van der Waals surface area contributed by atoms with Gasteiger partial charge in [0.2, 0.25) is 5.78 Å². The molecule has 0 rings (SSSR count). The Morgan fingerprint density at radius 3 is 2.00 bits per heavy atom. The summed E-state index contributed by atoms with van der Waals surface area (Å²) < 4.78 is 4.60. The molecule has 0 aliphatic rings. The van der Waals surface area contributed by atoms with Crippen LogP contribution in [0.15, 0.2) is 0 Å². The first-order valence-corrected chi connectivity index (χ1v) is 2.67. The maximum absolute atomic E-state index is 10.6. The molecule has 0 aliphatic heterocycles. The molecule has 0 saturated heterocycles. The van der Waals surface area contributed by atoms with Gasteiger partial charge in [-0.05, 0) is 6.92 Å². The van der Waals surface area contributed by atoms with E-state index < -0.39 is 17.7 Å². The van der Waals surface area contributed by atoms with E-state index in [1.54, 1.807) is 6.92 Å². The molecule has 0 spiro atoms. The van der Waals surface area contributed by atoms with Gasteiger partial charge in [-0.1, -0.05) is 0 Å². The highest BCUT2D eigenvalue weighted by Crippen LogP contribution is 1.89. The Morgan fingerprint density at radius 2 is 1.89 bits per heavy atom. The van der Waals surface area contributed by atoms with Crippen molar-refractivity contribution in [2.75, 3.05) is 7.11 Å². The van der Waals surface area contributed by atoms with E-state index in [9.17, 15) is 9.59 Å². The second-order valence-corrected chi connectivity index (χ2v) is 1.80. The van der Waals surface area contributed by atoms with Crippen LogP contribution in [0.2, 0.25) is 0 Å². The Morgan fingerprint density at radius 1 is 1.44 bits per heavy atom. The predicted molar refractivity (Wildman–Crippen MR) is 32.2 cm³/mol. The molecule has 0 aromatic rings. The fraction of sp³-hybridized carbons (Fsp3) is 0.667. The Hall–Kier alpha value is -0.700. The molecule has 0 N–H and O–H groups in total. The summed E-state index contributed by atoms with van der Waals surface area (Å²) in [6.45, 7) is 2.78. The van der Waals surface area contributed by atoms with Gasteiger partial charge in [-0.25, -0.2) is 0 Å². The number of ether oxygens (including phenoxy) is 1. The van der Waals surface area contributed by atoms with Crippen LogP contribution in [0.5, 0.6) is 0 Å². The molecule has 0 heterocycles. The molecule has 0 saturated carbocycles. The number of methoxy groups -OCH3 is 1. The minimum absolute atomic E-state index is 0.454. The molecular formula is C6H10O3. The zero-order valence-electron chi connectivity index (χ0n) is 5.80. The molecule has 3 nitrogen and oxygen atoms in total. The maximum atomic E-state index is 10.6. The van der Waals surface area contributed by atoms with Crippen LogP contribution in [0.1, 0.15) is 13.8 Å². The van der Waals surface area contributed by atoms with Gasteiger partial charge in [0.15, 0.2) is 5.78 Å². The first kappa shape index (κ1) is 8.30. The van der Waals surface area contributed by atoms with E-state index >= 15 is 0 Å². The van der Waals surface area contributed by atoms with Gasteiger partial charge in [0.05, 0.1) is 0 Å². The van der Waals surface area contributed by atoms with E-state index in [-0.39, 0.29) is 0 Å². The van der Waals surface area contributed by atoms with E-state index in [2.05, 4.69) is 4.74 Å². The zero-order valence-corrected chi connectivity index (χ0v) is 5.80. The number of ketones is 2. The molecule has 1 atom stereocenters. The van der Waals surface area contributed by atoms with Gasteiger partial charge in [0.1, 0.15) is 6.10 Å². The average molecular weight is 130 g/mol. The summed E-state index contributed by atoms with van der Waals surface area (Å²) in [5, 5.41) is 0. The van der Waals surface area contributed by atoms with Gasteiger partial charge >= 0.3 is 0 Å². The fourth-order valence-electron chi connectivity index (χ4n) is 0.393. The summed E-state index contributed by atoms with van der Waals surface area (Å²) in [6.07, 6.45) is -0.595. The monoisotopic (exact) mass is 130 g/mol. The third-order valence-corrected chi connectivity index (χ3v) is 1.07. The molecule has 0 radical (unpaired) electrons. The molecule has 1 unspecified atom stereocenters. The lowest BCUT2D eigenvalue weighted by molar-refractivity contribution is -0.140. The fourth-order valence-corrected chi connectivity index (χ4v) is 0.393. The first-order chi connectivity index (χ1) is 4.09. The van der Waals surface area contributed by atoms with Gasteiger partial charge < -0.3 is 4.74 Å². The highest BCUT2D eigenvalue weighted by molar-refractivity contribution is 6.37. The summed E-state index contributed by atoms with van der Waals surface area (Å²) in [6, 6.07) is 0. The topological polar surface area (TPSA) is 43.4 Å². The van der Waals surface area contributed by atoms with E-state index in [0.717, 1.165) is 0 Å². The number of Topliss-reactive ketones (excluding diaryl/α,β-unsaturated/α-hetero) is 2. The predicted octanol–water partition coefficient (Wildman–Crippen LogP) is 0.179. The molecule has 0 bridgehead atoms. The van der Waals surface area contributed by atoms with Crippen molar-refractivity contribution in [3.05, 3.63) is 0 Å². The molecule has 0 aromatic heterocycles. The minimum atomic E-state index is -0.595. The lowest BCUT2D eigenvalue weighted by atomic mass is 10.2. The highest BCUT2D eigenvalue weighted by atomic mass is 16.5. The summed E-state index contributed by atoms with van der Waals surface area (Å²) in [7, 11) is 1.39. The van der Waals surface area contributed by atoms with Crippen LogP contribution >= 0.6 is 0 Å². The molecule has 0 aromatic carbocycles. The molecular weight excluding hydrogens is 120 g/mol. The largest absolute Gasteiger partial charge is 0.373 e. The van der Waals surface area contributed by atoms with E-state index in [1.807, 2.05) is 0 Å². The van der Waals surface area contributed by atoms with Crippen molar-refractivity contribution in [2.45, 2.75) is 20.0 Å². The van der Waals surface area contributed by atoms with Crippen molar-refractivity contribution in [2.24, 2.45) is 0 Å². The Bertz CT molecular complexity index is 128. The summed E-state index contributed by atoms with van der Waals surface area (Å²) in [5.41, 5.74) is 0. The summed E-state index contributed by atoms with van der Waals surface area (Å²) >= 11 is 0. The van der Waals surface area contributed by atoms with Crippen LogP contribution in [-0.4, -0.2) is 24.8 Å². The standard InChI is InChI=1S/C6H10O3/c1-4(7)6(8)5(2)9-3/h5H,1-3H3. The van der Waals surface area contributed by atoms with Gasteiger partial charge in [-0.15, -0.1) is 0 Å². The first-order valence-electron chi connectivity index (χ1n) is 2.67. The Kier molecular flexibility index (Phi) is 3.09. The molecule has 0 aliphatic carbocycles. The molecule has 0 fully saturated rings. The van der Waals surface area contributed by atoms with E-state index in [1.165, 1.54) is 14.0 Å². The third kappa shape index (κ3) is 2.37. The Balaban J connectivity index is 3.88. The normalized spacial score (nSPS) is 12.8. The van der Waals surface area contributed by atoms with Gasteiger partial charge in [0, 0.05) is 14.0 Å². The van der Waals surface area contributed by atoms with Crippen molar-refractivity contribution in [3.63, 3.8) is 0 Å². The van der Waals surface area contributed by atoms with Crippen LogP contribution < -0.4 is 0 Å². The van der Waals surface area contributed by atoms with Crippen LogP contribution in [0.4, 0.5) is 0 Å². The lowest BCUT2D eigenvalue weighted by Gasteiger charge is -2.02. The lowest BCUT2D eigenvalue weighted by Crippen LogP contribution is -2.25. The number of rotatable bonds is 3. The molecule has 52 valence electrons. The molecule has 0 amide bonds.